The standard InChI is InChI=1S/C10H15NO5S/c12-8(13)5-11(6-9(14)15)10(16)7-3-1-2-4-17-7/h7H,1-6H2,(H,12,13)(H,14,15). The minimum absolute atomic E-state index is 0.289. The average molecular weight is 261 g/mol. The Morgan fingerprint density at radius 3 is 2.12 bits per heavy atom. The van der Waals surface area contributed by atoms with Crippen LogP contribution in [0.25, 0.3) is 0 Å². The van der Waals surface area contributed by atoms with Gasteiger partial charge in [-0.3, -0.25) is 14.4 Å². The van der Waals surface area contributed by atoms with Gasteiger partial charge in [-0.25, -0.2) is 0 Å². The van der Waals surface area contributed by atoms with Crippen LogP contribution in [0.3, 0.4) is 0 Å². The van der Waals surface area contributed by atoms with E-state index in [0.29, 0.717) is 6.42 Å². The monoisotopic (exact) mass is 261 g/mol. The van der Waals surface area contributed by atoms with Crippen molar-refractivity contribution < 1.29 is 24.6 Å². The fourth-order valence-corrected chi connectivity index (χ4v) is 2.96. The molecule has 1 rings (SSSR count). The van der Waals surface area contributed by atoms with E-state index in [2.05, 4.69) is 0 Å². The summed E-state index contributed by atoms with van der Waals surface area (Å²) in [4.78, 5) is 34.0. The molecular weight excluding hydrogens is 246 g/mol. The number of amides is 1. The maximum absolute atomic E-state index is 11.9. The maximum Gasteiger partial charge on any atom is 0.323 e. The van der Waals surface area contributed by atoms with Crippen LogP contribution in [-0.2, 0) is 14.4 Å². The molecule has 0 spiro atoms. The summed E-state index contributed by atoms with van der Waals surface area (Å²) >= 11 is 1.48. The van der Waals surface area contributed by atoms with Crippen LogP contribution in [0.1, 0.15) is 19.3 Å². The molecule has 0 aromatic carbocycles. The lowest BCUT2D eigenvalue weighted by molar-refractivity contribution is -0.149. The van der Waals surface area contributed by atoms with Crippen LogP contribution in [0.5, 0.6) is 0 Å². The lowest BCUT2D eigenvalue weighted by Crippen LogP contribution is -2.44. The summed E-state index contributed by atoms with van der Waals surface area (Å²) in [5.74, 6) is -1.90. The van der Waals surface area contributed by atoms with Gasteiger partial charge < -0.3 is 15.1 Å². The molecule has 1 saturated heterocycles. The van der Waals surface area contributed by atoms with Crippen molar-refractivity contribution in [1.82, 2.24) is 4.90 Å². The summed E-state index contributed by atoms with van der Waals surface area (Å²) < 4.78 is 0. The average Bonchev–Trinajstić information content (AvgIpc) is 2.27. The molecule has 0 bridgehead atoms. The van der Waals surface area contributed by atoms with Crippen molar-refractivity contribution in [1.29, 1.82) is 0 Å². The minimum Gasteiger partial charge on any atom is -0.480 e. The maximum atomic E-state index is 11.9. The van der Waals surface area contributed by atoms with Gasteiger partial charge in [0.25, 0.3) is 0 Å². The van der Waals surface area contributed by atoms with Gasteiger partial charge in [-0.05, 0) is 18.6 Å². The van der Waals surface area contributed by atoms with Crippen molar-refractivity contribution in [3.63, 3.8) is 0 Å². The molecule has 1 atom stereocenters. The van der Waals surface area contributed by atoms with Gasteiger partial charge in [-0.1, -0.05) is 6.42 Å². The van der Waals surface area contributed by atoms with Crippen LogP contribution in [0.15, 0.2) is 0 Å². The summed E-state index contributed by atoms with van der Waals surface area (Å²) in [7, 11) is 0. The highest BCUT2D eigenvalue weighted by molar-refractivity contribution is 8.00. The molecule has 7 heteroatoms. The summed E-state index contributed by atoms with van der Waals surface area (Å²) in [5, 5.41) is 17.0. The fourth-order valence-electron chi connectivity index (χ4n) is 1.68. The molecule has 0 aromatic rings. The number of carbonyl (C=O) groups excluding carboxylic acids is 1. The highest BCUT2D eigenvalue weighted by atomic mass is 32.2. The molecular formula is C10H15NO5S. The molecule has 96 valence electrons. The van der Waals surface area contributed by atoms with Crippen molar-refractivity contribution in [3.8, 4) is 0 Å². The molecule has 0 radical (unpaired) electrons. The largest absolute Gasteiger partial charge is 0.480 e. The van der Waals surface area contributed by atoms with E-state index in [-0.39, 0.29) is 11.2 Å². The molecule has 0 saturated carbocycles. The molecule has 1 aliphatic rings. The van der Waals surface area contributed by atoms with Crippen molar-refractivity contribution >= 4 is 29.6 Å². The van der Waals surface area contributed by atoms with Crippen LogP contribution in [0.4, 0.5) is 0 Å². The van der Waals surface area contributed by atoms with Gasteiger partial charge in [0.2, 0.25) is 5.91 Å². The van der Waals surface area contributed by atoms with Crippen LogP contribution in [0, 0.1) is 0 Å². The third-order valence-corrected chi connectivity index (χ3v) is 3.78. The van der Waals surface area contributed by atoms with E-state index >= 15 is 0 Å². The first-order valence-electron chi connectivity index (χ1n) is 5.34. The topological polar surface area (TPSA) is 94.9 Å². The second-order valence-electron chi connectivity index (χ2n) is 3.84. The van der Waals surface area contributed by atoms with Crippen LogP contribution >= 0.6 is 11.8 Å². The molecule has 2 N–H and O–H groups in total. The normalized spacial score (nSPS) is 19.6. The summed E-state index contributed by atoms with van der Waals surface area (Å²) in [6, 6.07) is 0. The number of hydrogen-bond acceptors (Lipinski definition) is 4. The SMILES string of the molecule is O=C(O)CN(CC(=O)O)C(=O)C1CCCCS1. The summed E-state index contributed by atoms with van der Waals surface area (Å²) in [6.07, 6.45) is 2.67. The van der Waals surface area contributed by atoms with E-state index in [0.717, 1.165) is 23.5 Å². The van der Waals surface area contributed by atoms with Crippen molar-refractivity contribution in [2.75, 3.05) is 18.8 Å². The zero-order valence-corrected chi connectivity index (χ0v) is 10.1. The quantitative estimate of drug-likeness (QED) is 0.737. The van der Waals surface area contributed by atoms with Gasteiger partial charge in [0.05, 0.1) is 5.25 Å². The van der Waals surface area contributed by atoms with Gasteiger partial charge >= 0.3 is 11.9 Å². The number of nitrogens with zero attached hydrogens (tertiary/aromatic N) is 1. The van der Waals surface area contributed by atoms with E-state index in [9.17, 15) is 14.4 Å². The predicted octanol–water partition coefficient (Wildman–Crippen LogP) is 0.270. The smallest absolute Gasteiger partial charge is 0.323 e. The third-order valence-electron chi connectivity index (χ3n) is 2.42. The summed E-state index contributed by atoms with van der Waals surface area (Å²) in [5.41, 5.74) is 0. The molecule has 1 amide bonds. The first kappa shape index (κ1) is 13.8. The van der Waals surface area contributed by atoms with Crippen LogP contribution < -0.4 is 0 Å². The predicted molar refractivity (Wildman–Crippen MR) is 61.9 cm³/mol. The highest BCUT2D eigenvalue weighted by Gasteiger charge is 2.28. The molecule has 1 heterocycles. The van der Waals surface area contributed by atoms with E-state index in [1.54, 1.807) is 0 Å². The Kier molecular flexibility index (Phi) is 5.27. The van der Waals surface area contributed by atoms with Gasteiger partial charge in [0, 0.05) is 0 Å². The molecule has 1 fully saturated rings. The third kappa shape index (κ3) is 4.64. The van der Waals surface area contributed by atoms with Crippen molar-refractivity contribution in [2.45, 2.75) is 24.5 Å². The number of thioether (sulfide) groups is 1. The second-order valence-corrected chi connectivity index (χ2v) is 5.15. The Bertz CT molecular complexity index is 298. The minimum atomic E-state index is -1.19. The van der Waals surface area contributed by atoms with Gasteiger partial charge in [0.1, 0.15) is 13.1 Å². The first-order chi connectivity index (χ1) is 8.00. The lowest BCUT2D eigenvalue weighted by Gasteiger charge is -2.26. The molecule has 0 aliphatic carbocycles. The number of hydrogen-bond donors (Lipinski definition) is 2. The first-order valence-corrected chi connectivity index (χ1v) is 6.39. The highest BCUT2D eigenvalue weighted by Crippen LogP contribution is 2.26. The van der Waals surface area contributed by atoms with Gasteiger partial charge in [0.15, 0.2) is 0 Å². The van der Waals surface area contributed by atoms with Crippen LogP contribution in [0.2, 0.25) is 0 Å². The molecule has 6 nitrogen and oxygen atoms in total. The van der Waals surface area contributed by atoms with E-state index in [4.69, 9.17) is 10.2 Å². The lowest BCUT2D eigenvalue weighted by atomic mass is 10.1. The Hall–Kier alpha value is -1.24. The Labute approximate surface area is 103 Å². The zero-order chi connectivity index (χ0) is 12.8. The Balaban J connectivity index is 2.63. The Morgan fingerprint density at radius 2 is 1.71 bits per heavy atom. The fraction of sp³-hybridized carbons (Fsp3) is 0.700. The zero-order valence-electron chi connectivity index (χ0n) is 9.29. The Morgan fingerprint density at radius 1 is 1.12 bits per heavy atom. The number of rotatable bonds is 5. The summed E-state index contributed by atoms with van der Waals surface area (Å²) in [6.45, 7) is -1.11. The molecule has 1 unspecified atom stereocenters. The molecule has 1 aliphatic heterocycles. The van der Waals surface area contributed by atoms with Gasteiger partial charge in [-0.15, -0.1) is 11.8 Å². The number of carboxylic acid groups (broad SMARTS) is 2. The number of carbonyl (C=O) groups is 3. The molecule has 0 aromatic heterocycles. The van der Waals surface area contributed by atoms with E-state index in [1.807, 2.05) is 0 Å². The van der Waals surface area contributed by atoms with Crippen molar-refractivity contribution in [2.24, 2.45) is 0 Å². The molecule has 17 heavy (non-hydrogen) atoms. The second kappa shape index (κ2) is 6.48. The van der Waals surface area contributed by atoms with E-state index < -0.39 is 25.0 Å². The van der Waals surface area contributed by atoms with Crippen LogP contribution in [-0.4, -0.2) is 57.1 Å². The van der Waals surface area contributed by atoms with Crippen molar-refractivity contribution in [3.05, 3.63) is 0 Å². The van der Waals surface area contributed by atoms with Gasteiger partial charge in [-0.2, -0.15) is 0 Å². The van der Waals surface area contributed by atoms with E-state index in [1.165, 1.54) is 11.8 Å². The number of carboxylic acids is 2. The number of aliphatic carboxylic acids is 2.